The lowest BCUT2D eigenvalue weighted by Gasteiger charge is -2.39. The van der Waals surface area contributed by atoms with Crippen molar-refractivity contribution in [1.82, 2.24) is 34.4 Å². The Hall–Kier alpha value is -4.01. The summed E-state index contributed by atoms with van der Waals surface area (Å²) < 4.78 is 9.09. The number of likely N-dealkylation sites (tertiary alicyclic amines) is 1. The minimum absolute atomic E-state index is 0.136. The Bertz CT molecular complexity index is 1310. The second-order valence-corrected chi connectivity index (χ2v) is 9.53. The van der Waals surface area contributed by atoms with Gasteiger partial charge in [0.15, 0.2) is 5.82 Å². The highest BCUT2D eigenvalue weighted by atomic mass is 16.6. The zero-order chi connectivity index (χ0) is 23.9. The number of carbonyl (C=O) groups is 1. The second kappa shape index (κ2) is 8.40. The maximum absolute atomic E-state index is 12.1. The molecule has 1 saturated heterocycles. The highest BCUT2D eigenvalue weighted by molar-refractivity contribution is 5.70. The molecular weight excluding hydrogens is 430 g/mol. The van der Waals surface area contributed by atoms with Gasteiger partial charge in [0.2, 0.25) is 0 Å². The number of amides is 1. The van der Waals surface area contributed by atoms with E-state index >= 15 is 0 Å². The van der Waals surface area contributed by atoms with Crippen LogP contribution in [0.5, 0.6) is 0 Å². The number of benzene rings is 1. The molecule has 4 aromatic rings. The first-order valence-electron chi connectivity index (χ1n) is 11.2. The number of aromatic nitrogens is 6. The molecule has 174 valence electrons. The van der Waals surface area contributed by atoms with Gasteiger partial charge in [0.05, 0.1) is 18.4 Å². The molecule has 9 nitrogen and oxygen atoms in total. The van der Waals surface area contributed by atoms with Crippen LogP contribution in [-0.2, 0) is 11.8 Å². The van der Waals surface area contributed by atoms with Crippen LogP contribution in [0.25, 0.3) is 33.6 Å². The lowest BCUT2D eigenvalue weighted by molar-refractivity contribution is -0.000382. The third-order valence-corrected chi connectivity index (χ3v) is 5.63. The third kappa shape index (κ3) is 4.54. The predicted octanol–water partition coefficient (Wildman–Crippen LogP) is 4.20. The zero-order valence-corrected chi connectivity index (χ0v) is 19.7. The van der Waals surface area contributed by atoms with Crippen LogP contribution in [0.4, 0.5) is 4.79 Å². The summed E-state index contributed by atoms with van der Waals surface area (Å²) in [6.45, 7) is 6.77. The molecule has 1 aromatic carbocycles. The van der Waals surface area contributed by atoms with Crippen LogP contribution in [0.15, 0.2) is 61.4 Å². The van der Waals surface area contributed by atoms with Crippen molar-refractivity contribution >= 4 is 6.09 Å². The number of aryl methyl sites for hydroxylation is 1. The zero-order valence-electron chi connectivity index (χ0n) is 19.7. The minimum atomic E-state index is -0.493. The molecule has 5 rings (SSSR count). The van der Waals surface area contributed by atoms with Gasteiger partial charge in [0.25, 0.3) is 0 Å². The number of hydrogen-bond donors (Lipinski definition) is 0. The van der Waals surface area contributed by atoms with Gasteiger partial charge in [-0.25, -0.2) is 14.8 Å². The van der Waals surface area contributed by atoms with Crippen molar-refractivity contribution in [2.24, 2.45) is 7.05 Å². The molecule has 1 aliphatic heterocycles. The van der Waals surface area contributed by atoms with Gasteiger partial charge in [0.1, 0.15) is 5.60 Å². The fourth-order valence-electron chi connectivity index (χ4n) is 3.82. The maximum atomic E-state index is 12.1. The molecule has 1 aliphatic rings. The number of rotatable bonds is 4. The molecule has 0 unspecified atom stereocenters. The Kier molecular flexibility index (Phi) is 5.39. The summed E-state index contributed by atoms with van der Waals surface area (Å²) >= 11 is 0. The average molecular weight is 458 g/mol. The summed E-state index contributed by atoms with van der Waals surface area (Å²) in [7, 11) is 1.90. The van der Waals surface area contributed by atoms with Crippen molar-refractivity contribution < 1.29 is 9.53 Å². The summed E-state index contributed by atoms with van der Waals surface area (Å²) in [4.78, 5) is 23.0. The van der Waals surface area contributed by atoms with E-state index < -0.39 is 5.60 Å². The van der Waals surface area contributed by atoms with Crippen LogP contribution in [0.1, 0.15) is 26.8 Å². The highest BCUT2D eigenvalue weighted by Crippen LogP contribution is 2.27. The standard InChI is InChI=1S/C25H27N7O2/c1-25(2,3)34-24(33)31-15-22(16-31)32-14-21(12-29-32)19-9-26-23(27-10-19)18-7-5-6-17(8-18)20-11-28-30(4)13-20/h5-14,22H,15-16H2,1-4H3. The van der Waals surface area contributed by atoms with E-state index in [9.17, 15) is 4.79 Å². The van der Waals surface area contributed by atoms with Gasteiger partial charge in [-0.2, -0.15) is 10.2 Å². The molecule has 1 amide bonds. The number of ether oxygens (including phenoxy) is 1. The third-order valence-electron chi connectivity index (χ3n) is 5.63. The molecule has 4 heterocycles. The summed E-state index contributed by atoms with van der Waals surface area (Å²) in [5.74, 6) is 0.661. The molecule has 34 heavy (non-hydrogen) atoms. The van der Waals surface area contributed by atoms with Gasteiger partial charge in [0, 0.05) is 67.2 Å². The maximum Gasteiger partial charge on any atom is 0.410 e. The van der Waals surface area contributed by atoms with Crippen molar-refractivity contribution in [3.05, 3.63) is 61.4 Å². The molecular formula is C25H27N7O2. The molecule has 9 heteroatoms. The summed E-state index contributed by atoms with van der Waals surface area (Å²) in [6.07, 6.45) is 10.9. The Morgan fingerprint density at radius 2 is 1.59 bits per heavy atom. The van der Waals surface area contributed by atoms with Crippen molar-refractivity contribution in [3.8, 4) is 33.6 Å². The molecule has 0 atom stereocenters. The van der Waals surface area contributed by atoms with Crippen LogP contribution in [-0.4, -0.2) is 59.2 Å². The van der Waals surface area contributed by atoms with Crippen LogP contribution in [0, 0.1) is 0 Å². The van der Waals surface area contributed by atoms with Crippen LogP contribution in [0.3, 0.4) is 0 Å². The Morgan fingerprint density at radius 1 is 0.912 bits per heavy atom. The summed E-state index contributed by atoms with van der Waals surface area (Å²) in [5.41, 5.74) is 4.40. The Balaban J connectivity index is 1.25. The largest absolute Gasteiger partial charge is 0.444 e. The molecule has 0 spiro atoms. The average Bonchev–Trinajstić information content (AvgIpc) is 3.41. The fraction of sp³-hybridized carbons (Fsp3) is 0.320. The summed E-state index contributed by atoms with van der Waals surface area (Å²) in [6, 6.07) is 8.25. The predicted molar refractivity (Wildman–Crippen MR) is 128 cm³/mol. The first-order valence-corrected chi connectivity index (χ1v) is 11.2. The topological polar surface area (TPSA) is 91.0 Å². The van der Waals surface area contributed by atoms with Crippen molar-refractivity contribution in [2.45, 2.75) is 32.4 Å². The lowest BCUT2D eigenvalue weighted by atomic mass is 10.1. The van der Waals surface area contributed by atoms with E-state index in [2.05, 4.69) is 26.2 Å². The minimum Gasteiger partial charge on any atom is -0.444 e. The van der Waals surface area contributed by atoms with Gasteiger partial charge in [-0.3, -0.25) is 9.36 Å². The quantitative estimate of drug-likeness (QED) is 0.456. The fourth-order valence-corrected chi connectivity index (χ4v) is 3.82. The molecule has 0 aliphatic carbocycles. The van der Waals surface area contributed by atoms with E-state index in [1.165, 1.54) is 0 Å². The van der Waals surface area contributed by atoms with Gasteiger partial charge in [-0.1, -0.05) is 18.2 Å². The molecule has 0 radical (unpaired) electrons. The van der Waals surface area contributed by atoms with E-state index in [1.807, 2.05) is 81.7 Å². The van der Waals surface area contributed by atoms with Crippen molar-refractivity contribution in [2.75, 3.05) is 13.1 Å². The molecule has 0 bridgehead atoms. The van der Waals surface area contributed by atoms with E-state index in [0.29, 0.717) is 18.9 Å². The van der Waals surface area contributed by atoms with E-state index in [0.717, 1.165) is 27.8 Å². The number of hydrogen-bond acceptors (Lipinski definition) is 6. The van der Waals surface area contributed by atoms with Crippen molar-refractivity contribution in [3.63, 3.8) is 0 Å². The Labute approximate surface area is 198 Å². The lowest BCUT2D eigenvalue weighted by Crippen LogP contribution is -2.52. The van der Waals surface area contributed by atoms with Crippen LogP contribution in [0.2, 0.25) is 0 Å². The van der Waals surface area contributed by atoms with Gasteiger partial charge < -0.3 is 9.64 Å². The molecule has 0 N–H and O–H groups in total. The molecule has 0 saturated carbocycles. The van der Waals surface area contributed by atoms with E-state index in [-0.39, 0.29) is 12.1 Å². The first kappa shape index (κ1) is 21.8. The summed E-state index contributed by atoms with van der Waals surface area (Å²) in [5, 5.41) is 8.73. The van der Waals surface area contributed by atoms with Gasteiger partial charge >= 0.3 is 6.09 Å². The van der Waals surface area contributed by atoms with Crippen molar-refractivity contribution in [1.29, 1.82) is 0 Å². The van der Waals surface area contributed by atoms with Crippen LogP contribution >= 0.6 is 0 Å². The second-order valence-electron chi connectivity index (χ2n) is 9.53. The molecule has 3 aromatic heterocycles. The normalized spacial score (nSPS) is 14.2. The van der Waals surface area contributed by atoms with Crippen LogP contribution < -0.4 is 0 Å². The number of carbonyl (C=O) groups excluding carboxylic acids is 1. The Morgan fingerprint density at radius 3 is 2.26 bits per heavy atom. The SMILES string of the molecule is Cn1cc(-c2cccc(-c3ncc(-c4cnn(C5CN(C(=O)OC(C)(C)C)C5)c4)cn3)c2)cn1. The van der Waals surface area contributed by atoms with Gasteiger partial charge in [-0.15, -0.1) is 0 Å². The molecule has 1 fully saturated rings. The van der Waals surface area contributed by atoms with E-state index in [1.54, 1.807) is 15.8 Å². The highest BCUT2D eigenvalue weighted by Gasteiger charge is 2.35. The van der Waals surface area contributed by atoms with E-state index in [4.69, 9.17) is 4.74 Å². The monoisotopic (exact) mass is 457 g/mol. The smallest absolute Gasteiger partial charge is 0.410 e. The first-order chi connectivity index (χ1) is 16.2. The van der Waals surface area contributed by atoms with Gasteiger partial charge in [-0.05, 0) is 32.4 Å². The number of nitrogens with zero attached hydrogens (tertiary/aromatic N) is 7.